The monoisotopic (exact) mass is 252 g/mol. The molecule has 0 saturated heterocycles. The van der Waals surface area contributed by atoms with Crippen LogP contribution in [0.2, 0.25) is 0 Å². The van der Waals surface area contributed by atoms with Gasteiger partial charge in [-0.15, -0.1) is 0 Å². The Morgan fingerprint density at radius 3 is 2.22 bits per heavy atom. The molecule has 0 fully saturated rings. The molecular formula is C13H24N4O. The number of nitrogens with one attached hydrogen (secondary N) is 1. The number of hydrazine groups is 1. The molecule has 0 aliphatic carbocycles. The van der Waals surface area contributed by atoms with Gasteiger partial charge in [-0.25, -0.2) is 15.8 Å². The van der Waals surface area contributed by atoms with Crippen LogP contribution in [0.3, 0.4) is 0 Å². The fourth-order valence-corrected chi connectivity index (χ4v) is 2.08. The van der Waals surface area contributed by atoms with Gasteiger partial charge < -0.3 is 10.2 Å². The van der Waals surface area contributed by atoms with E-state index < -0.39 is 5.60 Å². The fraction of sp³-hybridized carbons (Fsp3) is 0.692. The third-order valence-corrected chi connectivity index (χ3v) is 3.50. The minimum atomic E-state index is -0.418. The number of hydrogen-bond donors (Lipinski definition) is 2. The van der Waals surface area contributed by atoms with E-state index in [0.717, 1.165) is 24.1 Å². The van der Waals surface area contributed by atoms with Crippen molar-refractivity contribution >= 4 is 5.82 Å². The number of rotatable bonds is 6. The van der Waals surface area contributed by atoms with Crippen molar-refractivity contribution in [3.8, 4) is 0 Å². The van der Waals surface area contributed by atoms with E-state index in [2.05, 4.69) is 29.2 Å². The molecule has 1 rings (SSSR count). The molecule has 102 valence electrons. The van der Waals surface area contributed by atoms with Crippen molar-refractivity contribution in [3.63, 3.8) is 0 Å². The first-order valence-electron chi connectivity index (χ1n) is 6.50. The zero-order valence-electron chi connectivity index (χ0n) is 12.0. The third-order valence-electron chi connectivity index (χ3n) is 3.50. The first-order valence-corrected chi connectivity index (χ1v) is 6.50. The zero-order valence-corrected chi connectivity index (χ0v) is 12.0. The lowest BCUT2D eigenvalue weighted by Crippen LogP contribution is -2.32. The number of nitrogen functional groups attached to an aromatic ring is 1. The van der Waals surface area contributed by atoms with Gasteiger partial charge in [0.25, 0.3) is 0 Å². The average molecular weight is 252 g/mol. The molecular weight excluding hydrogens is 228 g/mol. The van der Waals surface area contributed by atoms with E-state index in [0.29, 0.717) is 18.2 Å². The molecule has 3 N–H and O–H groups in total. The lowest BCUT2D eigenvalue weighted by molar-refractivity contribution is -0.0571. The summed E-state index contributed by atoms with van der Waals surface area (Å²) in [7, 11) is 0. The van der Waals surface area contributed by atoms with Gasteiger partial charge in [-0.05, 0) is 33.6 Å². The number of ether oxygens (including phenoxy) is 1. The predicted octanol–water partition coefficient (Wildman–Crippen LogP) is 2.43. The highest BCUT2D eigenvalue weighted by Crippen LogP contribution is 2.32. The molecule has 0 atom stereocenters. The Bertz CT molecular complexity index is 402. The number of aromatic nitrogens is 2. The van der Waals surface area contributed by atoms with Crippen LogP contribution in [0.5, 0.6) is 0 Å². The Kier molecular flexibility index (Phi) is 5.04. The van der Waals surface area contributed by atoms with Crippen molar-refractivity contribution in [2.24, 2.45) is 5.84 Å². The van der Waals surface area contributed by atoms with Crippen LogP contribution in [-0.2, 0) is 10.3 Å². The molecule has 0 aliphatic rings. The number of nitrogens with zero attached hydrogens (tertiary/aromatic N) is 2. The predicted molar refractivity (Wildman–Crippen MR) is 73.2 cm³/mol. The van der Waals surface area contributed by atoms with Crippen LogP contribution in [0.4, 0.5) is 5.82 Å². The summed E-state index contributed by atoms with van der Waals surface area (Å²) in [4.78, 5) is 9.09. The molecule has 1 heterocycles. The van der Waals surface area contributed by atoms with E-state index >= 15 is 0 Å². The van der Waals surface area contributed by atoms with Crippen molar-refractivity contribution < 1.29 is 4.74 Å². The second-order valence-electron chi connectivity index (χ2n) is 4.38. The van der Waals surface area contributed by atoms with E-state index in [4.69, 9.17) is 10.6 Å². The van der Waals surface area contributed by atoms with Gasteiger partial charge in [0.15, 0.2) is 5.82 Å². The maximum atomic E-state index is 5.91. The van der Waals surface area contributed by atoms with Crippen molar-refractivity contribution in [2.45, 2.75) is 53.1 Å². The number of hydrogen-bond acceptors (Lipinski definition) is 5. The summed E-state index contributed by atoms with van der Waals surface area (Å²) >= 11 is 0. The van der Waals surface area contributed by atoms with Crippen molar-refractivity contribution in [2.75, 3.05) is 12.0 Å². The van der Waals surface area contributed by atoms with Gasteiger partial charge in [-0.2, -0.15) is 0 Å². The summed E-state index contributed by atoms with van der Waals surface area (Å²) in [6.07, 6.45) is 1.67. The quantitative estimate of drug-likeness (QED) is 0.601. The number of anilines is 1. The molecule has 0 amide bonds. The molecule has 0 saturated carbocycles. The van der Waals surface area contributed by atoms with Crippen LogP contribution in [0.15, 0.2) is 0 Å². The van der Waals surface area contributed by atoms with Gasteiger partial charge in [0.05, 0.1) is 0 Å². The van der Waals surface area contributed by atoms with Gasteiger partial charge in [-0.1, -0.05) is 13.8 Å². The van der Waals surface area contributed by atoms with E-state index in [9.17, 15) is 0 Å². The van der Waals surface area contributed by atoms with Crippen LogP contribution in [-0.4, -0.2) is 16.6 Å². The molecule has 18 heavy (non-hydrogen) atoms. The molecule has 0 spiro atoms. The highest BCUT2D eigenvalue weighted by molar-refractivity contribution is 5.44. The van der Waals surface area contributed by atoms with E-state index in [1.165, 1.54) is 0 Å². The minimum Gasteiger partial charge on any atom is -0.367 e. The Balaban J connectivity index is 3.32. The fourth-order valence-electron chi connectivity index (χ4n) is 2.08. The molecule has 1 aromatic heterocycles. The summed E-state index contributed by atoms with van der Waals surface area (Å²) in [5.41, 5.74) is 4.12. The maximum absolute atomic E-state index is 5.91. The second-order valence-corrected chi connectivity index (χ2v) is 4.38. The van der Waals surface area contributed by atoms with Gasteiger partial charge in [0.2, 0.25) is 0 Å². The molecule has 0 bridgehead atoms. The smallest absolute Gasteiger partial charge is 0.162 e. The van der Waals surface area contributed by atoms with Gasteiger partial charge in [0, 0.05) is 17.9 Å². The molecule has 0 radical (unpaired) electrons. The molecule has 0 aliphatic heterocycles. The highest BCUT2D eigenvalue weighted by atomic mass is 16.5. The SMILES string of the molecule is CCOC(CC)(CC)c1nc(C)c(C)c(NN)n1. The summed E-state index contributed by atoms with van der Waals surface area (Å²) in [5.74, 6) is 6.89. The van der Waals surface area contributed by atoms with E-state index in [1.54, 1.807) is 0 Å². The Morgan fingerprint density at radius 1 is 1.17 bits per heavy atom. The van der Waals surface area contributed by atoms with Crippen LogP contribution in [0, 0.1) is 13.8 Å². The largest absolute Gasteiger partial charge is 0.367 e. The summed E-state index contributed by atoms with van der Waals surface area (Å²) < 4.78 is 5.91. The number of nitrogens with two attached hydrogens (primary N) is 1. The standard InChI is InChI=1S/C13H24N4O/c1-6-13(7-2,18-8-3)12-15-10(5)9(4)11(16-12)17-14/h6-8,14H2,1-5H3,(H,15,16,17). The minimum absolute atomic E-state index is 0.418. The average Bonchev–Trinajstić information content (AvgIpc) is 2.39. The Morgan fingerprint density at radius 2 is 1.78 bits per heavy atom. The van der Waals surface area contributed by atoms with Gasteiger partial charge in [-0.3, -0.25) is 0 Å². The lowest BCUT2D eigenvalue weighted by Gasteiger charge is -2.30. The summed E-state index contributed by atoms with van der Waals surface area (Å²) in [6.45, 7) is 10.7. The van der Waals surface area contributed by atoms with Crippen LogP contribution >= 0.6 is 0 Å². The topological polar surface area (TPSA) is 73.1 Å². The molecule has 1 aromatic rings. The van der Waals surface area contributed by atoms with Crippen LogP contribution in [0.1, 0.15) is 50.7 Å². The number of aryl methyl sites for hydroxylation is 1. The molecule has 0 aromatic carbocycles. The van der Waals surface area contributed by atoms with E-state index in [1.807, 2.05) is 20.8 Å². The van der Waals surface area contributed by atoms with Crippen molar-refractivity contribution in [1.82, 2.24) is 9.97 Å². The lowest BCUT2D eigenvalue weighted by atomic mass is 9.95. The first kappa shape index (κ1) is 14.9. The van der Waals surface area contributed by atoms with Crippen molar-refractivity contribution in [1.29, 1.82) is 0 Å². The normalized spacial score (nSPS) is 11.7. The molecule has 5 heteroatoms. The van der Waals surface area contributed by atoms with E-state index in [-0.39, 0.29) is 0 Å². The second kappa shape index (κ2) is 6.11. The van der Waals surface area contributed by atoms with Crippen LogP contribution in [0.25, 0.3) is 0 Å². The first-order chi connectivity index (χ1) is 8.54. The summed E-state index contributed by atoms with van der Waals surface area (Å²) in [6, 6.07) is 0. The molecule has 5 nitrogen and oxygen atoms in total. The van der Waals surface area contributed by atoms with Crippen molar-refractivity contribution in [3.05, 3.63) is 17.1 Å². The maximum Gasteiger partial charge on any atom is 0.162 e. The summed E-state index contributed by atoms with van der Waals surface area (Å²) in [5, 5.41) is 0. The highest BCUT2D eigenvalue weighted by Gasteiger charge is 2.33. The van der Waals surface area contributed by atoms with Gasteiger partial charge >= 0.3 is 0 Å². The molecule has 0 unspecified atom stereocenters. The Hall–Kier alpha value is -1.20. The van der Waals surface area contributed by atoms with Gasteiger partial charge in [0.1, 0.15) is 11.4 Å². The zero-order chi connectivity index (χ0) is 13.8. The Labute approximate surface area is 109 Å². The van der Waals surface area contributed by atoms with Crippen LogP contribution < -0.4 is 11.3 Å². The third kappa shape index (κ3) is 2.62.